The lowest BCUT2D eigenvalue weighted by Gasteiger charge is -2.13. The van der Waals surface area contributed by atoms with Gasteiger partial charge in [0.05, 0.1) is 13.1 Å². The molecule has 130 valence electrons. The Hall–Kier alpha value is -3.02. The average molecular weight is 340 g/mol. The highest BCUT2D eigenvalue weighted by atomic mass is 16.6. The Morgan fingerprint density at radius 1 is 1.20 bits per heavy atom. The number of cyclic esters (lactones) is 1. The largest absolute Gasteiger partial charge is 0.445 e. The average Bonchev–Trinajstić information content (AvgIpc) is 3.00. The molecule has 2 aromatic rings. The van der Waals surface area contributed by atoms with E-state index in [4.69, 9.17) is 9.47 Å². The van der Waals surface area contributed by atoms with Crippen LogP contribution in [0.2, 0.25) is 0 Å². The maximum Gasteiger partial charge on any atom is 0.414 e. The first kappa shape index (κ1) is 16.8. The van der Waals surface area contributed by atoms with Crippen molar-refractivity contribution in [1.82, 2.24) is 5.32 Å². The molecule has 1 unspecified atom stereocenters. The van der Waals surface area contributed by atoms with Gasteiger partial charge in [-0.3, -0.25) is 4.90 Å². The summed E-state index contributed by atoms with van der Waals surface area (Å²) < 4.78 is 10.4. The number of rotatable bonds is 5. The molecule has 1 aliphatic heterocycles. The van der Waals surface area contributed by atoms with E-state index in [9.17, 15) is 9.59 Å². The van der Waals surface area contributed by atoms with Gasteiger partial charge in [0, 0.05) is 5.69 Å². The smallest absolute Gasteiger partial charge is 0.414 e. The first-order valence-corrected chi connectivity index (χ1v) is 8.11. The summed E-state index contributed by atoms with van der Waals surface area (Å²) in [6.45, 7) is 2.79. The van der Waals surface area contributed by atoms with Gasteiger partial charge in [-0.05, 0) is 24.6 Å². The molecule has 1 aliphatic rings. The Kier molecular flexibility index (Phi) is 5.18. The van der Waals surface area contributed by atoms with E-state index >= 15 is 0 Å². The molecular formula is C19H20N2O4. The fraction of sp³-hybridized carbons (Fsp3) is 0.263. The molecule has 0 aliphatic carbocycles. The number of carbonyl (C=O) groups is 2. The van der Waals surface area contributed by atoms with Gasteiger partial charge < -0.3 is 14.8 Å². The second kappa shape index (κ2) is 7.70. The van der Waals surface area contributed by atoms with Crippen molar-refractivity contribution >= 4 is 17.9 Å². The predicted molar refractivity (Wildman–Crippen MR) is 93.4 cm³/mol. The second-order valence-electron chi connectivity index (χ2n) is 5.89. The minimum atomic E-state index is -0.534. The summed E-state index contributed by atoms with van der Waals surface area (Å²) in [5.74, 6) is 0. The summed E-state index contributed by atoms with van der Waals surface area (Å²) in [7, 11) is 0. The molecule has 0 aromatic heterocycles. The molecule has 1 heterocycles. The van der Waals surface area contributed by atoms with Crippen LogP contribution in [0, 0.1) is 6.92 Å². The number of anilines is 1. The van der Waals surface area contributed by atoms with Crippen LogP contribution in [0.3, 0.4) is 0 Å². The minimum absolute atomic E-state index is 0.201. The summed E-state index contributed by atoms with van der Waals surface area (Å²) >= 11 is 0. The van der Waals surface area contributed by atoms with Gasteiger partial charge in [0.25, 0.3) is 0 Å². The van der Waals surface area contributed by atoms with Gasteiger partial charge in [0.1, 0.15) is 12.7 Å². The normalized spacial score (nSPS) is 16.4. The van der Waals surface area contributed by atoms with Gasteiger partial charge in [-0.1, -0.05) is 48.0 Å². The summed E-state index contributed by atoms with van der Waals surface area (Å²) in [5.41, 5.74) is 2.82. The van der Waals surface area contributed by atoms with Gasteiger partial charge in [0.15, 0.2) is 0 Å². The number of amides is 2. The molecule has 1 atom stereocenters. The molecule has 2 aromatic carbocycles. The first-order valence-electron chi connectivity index (χ1n) is 8.11. The number of benzene rings is 2. The molecule has 6 heteroatoms. The van der Waals surface area contributed by atoms with Crippen LogP contribution in [0.5, 0.6) is 0 Å². The maximum atomic E-state index is 12.0. The quantitative estimate of drug-likeness (QED) is 0.907. The van der Waals surface area contributed by atoms with Crippen LogP contribution in [0.15, 0.2) is 54.6 Å². The number of hydrogen-bond donors (Lipinski definition) is 1. The first-order chi connectivity index (χ1) is 12.1. The lowest BCUT2D eigenvalue weighted by atomic mass is 10.2. The van der Waals surface area contributed by atoms with E-state index in [1.165, 1.54) is 0 Å². The zero-order valence-corrected chi connectivity index (χ0v) is 14.0. The van der Waals surface area contributed by atoms with Crippen LogP contribution in [0.25, 0.3) is 0 Å². The third kappa shape index (κ3) is 4.50. The highest BCUT2D eigenvalue weighted by molar-refractivity contribution is 5.89. The van der Waals surface area contributed by atoms with Crippen molar-refractivity contribution in [2.75, 3.05) is 18.0 Å². The van der Waals surface area contributed by atoms with E-state index < -0.39 is 18.3 Å². The predicted octanol–water partition coefficient (Wildman–Crippen LogP) is 3.25. The molecule has 0 saturated carbocycles. The molecule has 1 fully saturated rings. The Bertz CT molecular complexity index is 731. The number of alkyl carbamates (subject to hydrolysis) is 1. The van der Waals surface area contributed by atoms with Gasteiger partial charge in [-0.2, -0.15) is 0 Å². The fourth-order valence-electron chi connectivity index (χ4n) is 2.53. The van der Waals surface area contributed by atoms with Crippen molar-refractivity contribution in [3.8, 4) is 0 Å². The highest BCUT2D eigenvalue weighted by Gasteiger charge is 2.32. The van der Waals surface area contributed by atoms with Crippen LogP contribution < -0.4 is 10.2 Å². The third-order valence-corrected chi connectivity index (χ3v) is 3.91. The minimum Gasteiger partial charge on any atom is -0.445 e. The van der Waals surface area contributed by atoms with Crippen LogP contribution in [0.1, 0.15) is 11.1 Å². The van der Waals surface area contributed by atoms with Gasteiger partial charge in [-0.25, -0.2) is 9.59 Å². The zero-order valence-electron chi connectivity index (χ0n) is 14.0. The maximum absolute atomic E-state index is 12.0. The van der Waals surface area contributed by atoms with Crippen LogP contribution in [-0.4, -0.2) is 31.4 Å². The van der Waals surface area contributed by atoms with Gasteiger partial charge in [0.2, 0.25) is 0 Å². The SMILES string of the molecule is Cc1ccc(N2CC(CNC(=O)OCc3ccccc3)OC2=O)cc1. The summed E-state index contributed by atoms with van der Waals surface area (Å²) in [6.07, 6.45) is -1.35. The Morgan fingerprint density at radius 3 is 2.64 bits per heavy atom. The van der Waals surface area contributed by atoms with E-state index in [0.717, 1.165) is 16.8 Å². The fourth-order valence-corrected chi connectivity index (χ4v) is 2.53. The summed E-state index contributed by atoms with van der Waals surface area (Å²) in [4.78, 5) is 25.3. The van der Waals surface area contributed by atoms with Crippen molar-refractivity contribution in [2.24, 2.45) is 0 Å². The number of aryl methyl sites for hydroxylation is 1. The summed E-state index contributed by atoms with van der Waals surface area (Å²) in [5, 5.41) is 2.63. The molecule has 0 radical (unpaired) electrons. The Labute approximate surface area is 146 Å². The van der Waals surface area contributed by atoms with E-state index in [1.54, 1.807) is 4.90 Å². The molecular weight excluding hydrogens is 320 g/mol. The van der Waals surface area contributed by atoms with Gasteiger partial charge in [-0.15, -0.1) is 0 Å². The van der Waals surface area contributed by atoms with Crippen LogP contribution in [0.4, 0.5) is 15.3 Å². The number of nitrogens with one attached hydrogen (secondary N) is 1. The molecule has 6 nitrogen and oxygen atoms in total. The number of carbonyl (C=O) groups excluding carboxylic acids is 2. The van der Waals surface area contributed by atoms with E-state index in [-0.39, 0.29) is 13.2 Å². The van der Waals surface area contributed by atoms with Crippen molar-refractivity contribution in [3.63, 3.8) is 0 Å². The van der Waals surface area contributed by atoms with Crippen molar-refractivity contribution in [1.29, 1.82) is 0 Å². The van der Waals surface area contributed by atoms with E-state index in [2.05, 4.69) is 5.32 Å². The standard InChI is InChI=1S/C19H20N2O4/c1-14-7-9-16(10-8-14)21-12-17(25-19(21)23)11-20-18(22)24-13-15-5-3-2-4-6-15/h2-10,17H,11-13H2,1H3,(H,20,22). The number of ether oxygens (including phenoxy) is 2. The zero-order chi connectivity index (χ0) is 17.6. The molecule has 1 N–H and O–H groups in total. The second-order valence-corrected chi connectivity index (χ2v) is 5.89. The van der Waals surface area contributed by atoms with Crippen LogP contribution in [-0.2, 0) is 16.1 Å². The highest BCUT2D eigenvalue weighted by Crippen LogP contribution is 2.21. The molecule has 0 spiro atoms. The lowest BCUT2D eigenvalue weighted by Crippen LogP contribution is -2.34. The van der Waals surface area contributed by atoms with E-state index in [1.807, 2.05) is 61.5 Å². The summed E-state index contributed by atoms with van der Waals surface area (Å²) in [6, 6.07) is 17.1. The monoisotopic (exact) mass is 340 g/mol. The Morgan fingerprint density at radius 2 is 1.92 bits per heavy atom. The molecule has 3 rings (SSSR count). The molecule has 1 saturated heterocycles. The van der Waals surface area contributed by atoms with Crippen molar-refractivity contribution in [2.45, 2.75) is 19.6 Å². The molecule has 25 heavy (non-hydrogen) atoms. The van der Waals surface area contributed by atoms with Crippen molar-refractivity contribution in [3.05, 3.63) is 65.7 Å². The van der Waals surface area contributed by atoms with E-state index in [0.29, 0.717) is 6.54 Å². The number of nitrogens with zero attached hydrogens (tertiary/aromatic N) is 1. The van der Waals surface area contributed by atoms with Crippen LogP contribution >= 0.6 is 0 Å². The third-order valence-electron chi connectivity index (χ3n) is 3.91. The van der Waals surface area contributed by atoms with Crippen molar-refractivity contribution < 1.29 is 19.1 Å². The lowest BCUT2D eigenvalue weighted by molar-refractivity contribution is 0.121. The molecule has 0 bridgehead atoms. The Balaban J connectivity index is 1.45. The number of hydrogen-bond acceptors (Lipinski definition) is 4. The molecule has 2 amide bonds. The van der Waals surface area contributed by atoms with Gasteiger partial charge >= 0.3 is 12.2 Å². The topological polar surface area (TPSA) is 67.9 Å².